The Balaban J connectivity index is 1.77. The summed E-state index contributed by atoms with van der Waals surface area (Å²) >= 11 is 0. The van der Waals surface area contributed by atoms with E-state index in [9.17, 15) is 14.7 Å². The fraction of sp³-hybridized carbons (Fsp3) is 0.818. The number of rotatable bonds is 5. The minimum absolute atomic E-state index is 0.147. The minimum Gasteiger partial charge on any atom is -0.391 e. The molecule has 0 radical (unpaired) electrons. The Morgan fingerprint density at radius 1 is 1.29 bits per heavy atom. The molecule has 3 heterocycles. The molecule has 0 saturated carbocycles. The molecule has 2 fully saturated rings. The highest BCUT2D eigenvalue weighted by atomic mass is 16.3. The van der Waals surface area contributed by atoms with Crippen LogP contribution in [-0.2, 0) is 16.1 Å². The molecule has 3 atom stereocenters. The molecular formula is C22H38N6O3. The van der Waals surface area contributed by atoms with Gasteiger partial charge in [0.1, 0.15) is 12.1 Å². The molecule has 0 spiro atoms. The molecule has 1 aromatic rings. The number of likely N-dealkylation sites (tertiary alicyclic amines) is 2. The smallest absolute Gasteiger partial charge is 0.248 e. The normalized spacial score (nSPS) is 25.5. The van der Waals surface area contributed by atoms with E-state index in [1.54, 1.807) is 11.7 Å². The van der Waals surface area contributed by atoms with Crippen LogP contribution in [0.2, 0.25) is 0 Å². The van der Waals surface area contributed by atoms with Crippen LogP contribution in [0.25, 0.3) is 0 Å². The maximum Gasteiger partial charge on any atom is 0.248 e. The SMILES string of the molecule is CNC(=O)[C@@H]1C[C@@H](O)CN1C(=O)[C@@H](n1cc(CN2CCC(C)(C)CC2)nn1)C(C)(C)C. The van der Waals surface area contributed by atoms with Crippen molar-refractivity contribution in [3.8, 4) is 0 Å². The van der Waals surface area contributed by atoms with Crippen molar-refractivity contribution in [1.82, 2.24) is 30.1 Å². The van der Waals surface area contributed by atoms with Gasteiger partial charge in [0.25, 0.3) is 0 Å². The van der Waals surface area contributed by atoms with Gasteiger partial charge in [-0.3, -0.25) is 14.5 Å². The molecule has 2 aliphatic heterocycles. The van der Waals surface area contributed by atoms with Crippen LogP contribution in [0.15, 0.2) is 6.20 Å². The lowest BCUT2D eigenvalue weighted by Crippen LogP contribution is -2.49. The molecule has 1 aromatic heterocycles. The van der Waals surface area contributed by atoms with E-state index in [2.05, 4.69) is 34.4 Å². The van der Waals surface area contributed by atoms with E-state index in [1.165, 1.54) is 4.90 Å². The molecule has 0 aromatic carbocycles. The number of nitrogens with zero attached hydrogens (tertiary/aromatic N) is 5. The van der Waals surface area contributed by atoms with Gasteiger partial charge in [-0.05, 0) is 36.8 Å². The van der Waals surface area contributed by atoms with Crippen molar-refractivity contribution < 1.29 is 14.7 Å². The molecule has 0 unspecified atom stereocenters. The lowest BCUT2D eigenvalue weighted by atomic mass is 9.83. The van der Waals surface area contributed by atoms with Crippen LogP contribution in [0.3, 0.4) is 0 Å². The average molecular weight is 435 g/mol. The van der Waals surface area contributed by atoms with Crippen LogP contribution in [0.5, 0.6) is 0 Å². The molecule has 0 aliphatic carbocycles. The molecule has 2 saturated heterocycles. The van der Waals surface area contributed by atoms with E-state index in [-0.39, 0.29) is 24.8 Å². The monoisotopic (exact) mass is 434 g/mol. The zero-order valence-electron chi connectivity index (χ0n) is 19.8. The number of aliphatic hydroxyl groups is 1. The van der Waals surface area contributed by atoms with Gasteiger partial charge in [-0.1, -0.05) is 39.8 Å². The van der Waals surface area contributed by atoms with Crippen molar-refractivity contribution in [3.05, 3.63) is 11.9 Å². The third kappa shape index (κ3) is 5.44. The van der Waals surface area contributed by atoms with Crippen molar-refractivity contribution in [2.75, 3.05) is 26.7 Å². The van der Waals surface area contributed by atoms with E-state index >= 15 is 0 Å². The largest absolute Gasteiger partial charge is 0.391 e. The molecule has 0 bridgehead atoms. The third-order valence-electron chi connectivity index (χ3n) is 6.58. The highest BCUT2D eigenvalue weighted by Gasteiger charge is 2.45. The van der Waals surface area contributed by atoms with E-state index < -0.39 is 23.6 Å². The Hall–Kier alpha value is -2.00. The van der Waals surface area contributed by atoms with Gasteiger partial charge < -0.3 is 15.3 Å². The van der Waals surface area contributed by atoms with Gasteiger partial charge in [0, 0.05) is 26.6 Å². The number of carbonyl (C=O) groups excluding carboxylic acids is 2. The highest BCUT2D eigenvalue weighted by molar-refractivity contribution is 5.90. The Labute approximate surface area is 185 Å². The Morgan fingerprint density at radius 3 is 2.52 bits per heavy atom. The summed E-state index contributed by atoms with van der Waals surface area (Å²) in [5, 5.41) is 21.4. The van der Waals surface area contributed by atoms with E-state index in [4.69, 9.17) is 0 Å². The number of β-amino-alcohol motifs (C(OH)–C–C–N with tert-alkyl or cyclic N) is 1. The van der Waals surface area contributed by atoms with E-state index in [0.29, 0.717) is 12.0 Å². The zero-order chi connectivity index (χ0) is 23.0. The van der Waals surface area contributed by atoms with Crippen molar-refractivity contribution in [2.45, 2.75) is 78.6 Å². The number of nitrogens with one attached hydrogen (secondary N) is 1. The maximum absolute atomic E-state index is 13.6. The Kier molecular flexibility index (Phi) is 6.76. The Bertz CT molecular complexity index is 789. The number of aliphatic hydroxyl groups excluding tert-OH is 1. The second-order valence-electron chi connectivity index (χ2n) is 10.9. The van der Waals surface area contributed by atoms with Crippen LogP contribution in [0.4, 0.5) is 0 Å². The summed E-state index contributed by atoms with van der Waals surface area (Å²) in [5.74, 6) is -0.473. The first-order chi connectivity index (χ1) is 14.4. The predicted octanol–water partition coefficient (Wildman–Crippen LogP) is 1.20. The molecule has 2 amide bonds. The number of likely N-dealkylation sites (N-methyl/N-ethyl adjacent to an activating group) is 1. The topological polar surface area (TPSA) is 104 Å². The zero-order valence-corrected chi connectivity index (χ0v) is 19.8. The van der Waals surface area contributed by atoms with Crippen LogP contribution in [-0.4, -0.2) is 80.5 Å². The van der Waals surface area contributed by atoms with Crippen molar-refractivity contribution in [1.29, 1.82) is 0 Å². The standard InChI is InChI=1S/C22H38N6O3/c1-21(2,3)18(20(31)27-14-16(29)11-17(27)19(30)23-6)28-13-15(24-25-28)12-26-9-7-22(4,5)8-10-26/h13,16-18,29H,7-12,14H2,1-6H3,(H,23,30)/t16-,17+,18-/m1/s1. The first-order valence-electron chi connectivity index (χ1n) is 11.2. The van der Waals surface area contributed by atoms with Crippen molar-refractivity contribution in [2.24, 2.45) is 10.8 Å². The molecule has 3 rings (SSSR count). The van der Waals surface area contributed by atoms with Crippen LogP contribution in [0.1, 0.15) is 65.6 Å². The first kappa shape index (κ1) is 23.7. The fourth-order valence-electron chi connectivity index (χ4n) is 4.57. The van der Waals surface area contributed by atoms with Crippen LogP contribution in [0, 0.1) is 10.8 Å². The van der Waals surface area contributed by atoms with Crippen molar-refractivity contribution >= 4 is 11.8 Å². The van der Waals surface area contributed by atoms with Crippen LogP contribution >= 0.6 is 0 Å². The summed E-state index contributed by atoms with van der Waals surface area (Å²) in [6, 6.07) is -1.29. The van der Waals surface area contributed by atoms with Crippen molar-refractivity contribution in [3.63, 3.8) is 0 Å². The summed E-state index contributed by atoms with van der Waals surface area (Å²) in [6.45, 7) is 13.5. The fourth-order valence-corrected chi connectivity index (χ4v) is 4.57. The third-order valence-corrected chi connectivity index (χ3v) is 6.58. The molecule has 9 heteroatoms. The van der Waals surface area contributed by atoms with E-state index in [0.717, 1.165) is 31.6 Å². The first-order valence-corrected chi connectivity index (χ1v) is 11.2. The average Bonchev–Trinajstić information content (AvgIpc) is 3.28. The molecular weight excluding hydrogens is 396 g/mol. The number of piperidine rings is 1. The maximum atomic E-state index is 13.6. The quantitative estimate of drug-likeness (QED) is 0.722. The molecule has 174 valence electrons. The summed E-state index contributed by atoms with van der Waals surface area (Å²) in [4.78, 5) is 29.7. The number of hydrogen-bond donors (Lipinski definition) is 2. The van der Waals surface area contributed by atoms with Gasteiger partial charge in [0.2, 0.25) is 11.8 Å². The predicted molar refractivity (Wildman–Crippen MR) is 117 cm³/mol. The highest BCUT2D eigenvalue weighted by Crippen LogP contribution is 2.34. The summed E-state index contributed by atoms with van der Waals surface area (Å²) < 4.78 is 1.64. The number of aromatic nitrogens is 3. The lowest BCUT2D eigenvalue weighted by molar-refractivity contribution is -0.144. The number of hydrogen-bond acceptors (Lipinski definition) is 6. The van der Waals surface area contributed by atoms with Crippen LogP contribution < -0.4 is 5.32 Å². The second-order valence-corrected chi connectivity index (χ2v) is 10.9. The molecule has 31 heavy (non-hydrogen) atoms. The number of amides is 2. The molecule has 2 aliphatic rings. The van der Waals surface area contributed by atoms with Gasteiger partial charge in [-0.25, -0.2) is 4.68 Å². The number of carbonyl (C=O) groups is 2. The minimum atomic E-state index is -0.707. The summed E-state index contributed by atoms with van der Waals surface area (Å²) in [5.41, 5.74) is 0.781. The van der Waals surface area contributed by atoms with E-state index in [1.807, 2.05) is 27.0 Å². The summed E-state index contributed by atoms with van der Waals surface area (Å²) in [6.07, 6.45) is 3.71. The van der Waals surface area contributed by atoms with Gasteiger partial charge in [0.15, 0.2) is 0 Å². The second kappa shape index (κ2) is 8.86. The van der Waals surface area contributed by atoms with Gasteiger partial charge in [-0.2, -0.15) is 0 Å². The van der Waals surface area contributed by atoms with Gasteiger partial charge in [-0.15, -0.1) is 5.10 Å². The Morgan fingerprint density at radius 2 is 1.94 bits per heavy atom. The van der Waals surface area contributed by atoms with Gasteiger partial charge >= 0.3 is 0 Å². The lowest BCUT2D eigenvalue weighted by Gasteiger charge is -2.36. The van der Waals surface area contributed by atoms with Gasteiger partial charge in [0.05, 0.1) is 18.0 Å². The molecule has 9 nitrogen and oxygen atoms in total. The molecule has 2 N–H and O–H groups in total. The summed E-state index contributed by atoms with van der Waals surface area (Å²) in [7, 11) is 1.54.